The molecule has 5 heteroatoms. The van der Waals surface area contributed by atoms with Crippen LogP contribution in [0, 0.1) is 5.82 Å². The number of carbonyl (C=O) groups excluding carboxylic acids is 1. The second kappa shape index (κ2) is 5.45. The zero-order valence-corrected chi connectivity index (χ0v) is 13.6. The molecule has 1 heterocycles. The lowest BCUT2D eigenvalue weighted by atomic mass is 9.86. The number of hydrogen-bond acceptors (Lipinski definition) is 2. The van der Waals surface area contributed by atoms with Crippen molar-refractivity contribution in [2.45, 2.75) is 51.2 Å². The van der Waals surface area contributed by atoms with E-state index in [-0.39, 0.29) is 29.3 Å². The third-order valence-corrected chi connectivity index (χ3v) is 4.26. The molecule has 1 saturated heterocycles. The van der Waals surface area contributed by atoms with E-state index in [1.54, 1.807) is 12.1 Å². The van der Waals surface area contributed by atoms with Crippen LogP contribution in [-0.4, -0.2) is 22.4 Å². The van der Waals surface area contributed by atoms with Gasteiger partial charge in [0, 0.05) is 18.0 Å². The first-order valence-electron chi connectivity index (χ1n) is 6.74. The summed E-state index contributed by atoms with van der Waals surface area (Å²) >= 11 is 3.20. The number of hydrogen-bond donors (Lipinski definition) is 1. The summed E-state index contributed by atoms with van der Waals surface area (Å²) in [7, 11) is 0. The molecule has 1 aromatic carbocycles. The fourth-order valence-electron chi connectivity index (χ4n) is 2.80. The van der Waals surface area contributed by atoms with Gasteiger partial charge in [0.1, 0.15) is 5.82 Å². The van der Waals surface area contributed by atoms with Gasteiger partial charge in [-0.15, -0.1) is 0 Å². The van der Waals surface area contributed by atoms with Gasteiger partial charge in [0.2, 0.25) is 5.91 Å². The van der Waals surface area contributed by atoms with Crippen molar-refractivity contribution in [3.63, 3.8) is 0 Å². The Kier molecular flexibility index (Phi) is 4.21. The smallest absolute Gasteiger partial charge is 0.223 e. The summed E-state index contributed by atoms with van der Waals surface area (Å²) in [6.07, 6.45) is 1.13. The standard InChI is InChI=1S/C15H20BrFN2O/c1-15(2,3)19-13(20)7-6-12(18)14(19)9-4-5-11(17)10(16)8-9/h4-5,8,12,14H,6-7,18H2,1-3H3. The summed E-state index contributed by atoms with van der Waals surface area (Å²) < 4.78 is 13.8. The van der Waals surface area contributed by atoms with Gasteiger partial charge in [-0.2, -0.15) is 0 Å². The maximum atomic E-state index is 13.4. The van der Waals surface area contributed by atoms with Gasteiger partial charge in [-0.05, 0) is 60.8 Å². The quantitative estimate of drug-likeness (QED) is 0.850. The Morgan fingerprint density at radius 1 is 1.40 bits per heavy atom. The highest BCUT2D eigenvalue weighted by atomic mass is 79.9. The van der Waals surface area contributed by atoms with Crippen LogP contribution in [0.2, 0.25) is 0 Å². The summed E-state index contributed by atoms with van der Waals surface area (Å²) in [5, 5.41) is 0. The number of piperidine rings is 1. The van der Waals surface area contributed by atoms with E-state index < -0.39 is 0 Å². The van der Waals surface area contributed by atoms with Crippen LogP contribution in [0.15, 0.2) is 22.7 Å². The molecule has 0 spiro atoms. The van der Waals surface area contributed by atoms with E-state index in [0.29, 0.717) is 17.3 Å². The molecule has 2 N–H and O–H groups in total. The van der Waals surface area contributed by atoms with E-state index in [1.165, 1.54) is 6.07 Å². The van der Waals surface area contributed by atoms with Crippen molar-refractivity contribution >= 4 is 21.8 Å². The molecule has 1 aromatic rings. The number of amides is 1. The number of carbonyl (C=O) groups is 1. The molecular formula is C15H20BrFN2O. The molecule has 2 rings (SSSR count). The normalized spacial score (nSPS) is 24.1. The lowest BCUT2D eigenvalue weighted by molar-refractivity contribution is -0.144. The highest BCUT2D eigenvalue weighted by Crippen LogP contribution is 2.37. The van der Waals surface area contributed by atoms with E-state index in [2.05, 4.69) is 15.9 Å². The first kappa shape index (κ1) is 15.4. The Bertz CT molecular complexity index is 527. The van der Waals surface area contributed by atoms with Crippen molar-refractivity contribution in [3.8, 4) is 0 Å². The Hall–Kier alpha value is -0.940. The Balaban J connectivity index is 2.47. The van der Waals surface area contributed by atoms with Crippen LogP contribution in [0.25, 0.3) is 0 Å². The topological polar surface area (TPSA) is 46.3 Å². The molecular weight excluding hydrogens is 323 g/mol. The molecule has 2 unspecified atom stereocenters. The molecule has 110 valence electrons. The van der Waals surface area contributed by atoms with Crippen molar-refractivity contribution in [3.05, 3.63) is 34.1 Å². The average molecular weight is 343 g/mol. The number of rotatable bonds is 1. The number of halogens is 2. The zero-order chi connectivity index (χ0) is 15.1. The van der Waals surface area contributed by atoms with Crippen LogP contribution < -0.4 is 5.73 Å². The molecule has 1 fully saturated rings. The molecule has 0 aliphatic carbocycles. The third kappa shape index (κ3) is 2.88. The molecule has 1 amide bonds. The molecule has 1 aliphatic heterocycles. The van der Waals surface area contributed by atoms with Crippen molar-refractivity contribution in [2.75, 3.05) is 0 Å². The van der Waals surface area contributed by atoms with Gasteiger partial charge >= 0.3 is 0 Å². The molecule has 3 nitrogen and oxygen atoms in total. The lowest BCUT2D eigenvalue weighted by Gasteiger charge is -2.47. The highest BCUT2D eigenvalue weighted by molar-refractivity contribution is 9.10. The fraction of sp³-hybridized carbons (Fsp3) is 0.533. The third-order valence-electron chi connectivity index (χ3n) is 3.65. The largest absolute Gasteiger partial charge is 0.329 e. The Morgan fingerprint density at radius 2 is 2.05 bits per heavy atom. The van der Waals surface area contributed by atoms with E-state index in [4.69, 9.17) is 5.73 Å². The molecule has 0 bridgehead atoms. The predicted octanol–water partition coefficient (Wildman–Crippen LogP) is 3.38. The minimum absolute atomic E-state index is 0.102. The van der Waals surface area contributed by atoms with Crippen LogP contribution in [0.3, 0.4) is 0 Å². The van der Waals surface area contributed by atoms with Crippen molar-refractivity contribution in [1.82, 2.24) is 4.90 Å². The summed E-state index contributed by atoms with van der Waals surface area (Å²) in [5.41, 5.74) is 6.80. The zero-order valence-electron chi connectivity index (χ0n) is 12.0. The number of likely N-dealkylation sites (tertiary alicyclic amines) is 1. The maximum absolute atomic E-state index is 13.4. The fourth-order valence-corrected chi connectivity index (χ4v) is 3.20. The lowest BCUT2D eigenvalue weighted by Crippen LogP contribution is -2.56. The monoisotopic (exact) mass is 342 g/mol. The van der Waals surface area contributed by atoms with Crippen LogP contribution in [0.5, 0.6) is 0 Å². The highest BCUT2D eigenvalue weighted by Gasteiger charge is 2.40. The Labute approximate surface area is 127 Å². The van der Waals surface area contributed by atoms with E-state index in [0.717, 1.165) is 5.56 Å². The summed E-state index contributed by atoms with van der Waals surface area (Å²) in [5.74, 6) is -0.212. The second-order valence-corrected chi connectivity index (χ2v) is 7.11. The summed E-state index contributed by atoms with van der Waals surface area (Å²) in [6, 6.07) is 4.49. The van der Waals surface area contributed by atoms with Crippen LogP contribution in [0.1, 0.15) is 45.2 Å². The average Bonchev–Trinajstić information content (AvgIpc) is 2.34. The number of nitrogens with two attached hydrogens (primary N) is 1. The number of benzene rings is 1. The van der Waals surface area contributed by atoms with Crippen molar-refractivity contribution in [2.24, 2.45) is 5.73 Å². The molecule has 2 atom stereocenters. The van der Waals surface area contributed by atoms with Gasteiger partial charge in [-0.1, -0.05) is 6.07 Å². The first-order valence-corrected chi connectivity index (χ1v) is 7.54. The van der Waals surface area contributed by atoms with E-state index in [9.17, 15) is 9.18 Å². The molecule has 0 saturated carbocycles. The molecule has 20 heavy (non-hydrogen) atoms. The SMILES string of the molecule is CC(C)(C)N1C(=O)CCC(N)C1c1ccc(F)c(Br)c1. The minimum atomic E-state index is -0.319. The van der Waals surface area contributed by atoms with Gasteiger partial charge in [-0.25, -0.2) is 4.39 Å². The van der Waals surface area contributed by atoms with E-state index in [1.807, 2.05) is 25.7 Å². The molecule has 1 aliphatic rings. The summed E-state index contributed by atoms with van der Waals surface area (Å²) in [4.78, 5) is 14.1. The Morgan fingerprint density at radius 3 is 2.60 bits per heavy atom. The van der Waals surface area contributed by atoms with Gasteiger partial charge in [-0.3, -0.25) is 4.79 Å². The van der Waals surface area contributed by atoms with Crippen molar-refractivity contribution < 1.29 is 9.18 Å². The maximum Gasteiger partial charge on any atom is 0.223 e. The second-order valence-electron chi connectivity index (χ2n) is 6.26. The molecule has 0 aromatic heterocycles. The molecule has 0 radical (unpaired) electrons. The van der Waals surface area contributed by atoms with Crippen molar-refractivity contribution in [1.29, 1.82) is 0 Å². The van der Waals surface area contributed by atoms with Crippen LogP contribution in [0.4, 0.5) is 4.39 Å². The van der Waals surface area contributed by atoms with Crippen LogP contribution >= 0.6 is 15.9 Å². The summed E-state index contributed by atoms with van der Waals surface area (Å²) in [6.45, 7) is 5.98. The van der Waals surface area contributed by atoms with Gasteiger partial charge < -0.3 is 10.6 Å². The predicted molar refractivity (Wildman–Crippen MR) is 80.6 cm³/mol. The first-order chi connectivity index (χ1) is 9.21. The van der Waals surface area contributed by atoms with Gasteiger partial charge in [0.05, 0.1) is 10.5 Å². The van der Waals surface area contributed by atoms with Gasteiger partial charge in [0.15, 0.2) is 0 Å². The van der Waals surface area contributed by atoms with Gasteiger partial charge in [0.25, 0.3) is 0 Å². The van der Waals surface area contributed by atoms with E-state index >= 15 is 0 Å². The number of nitrogens with zero attached hydrogens (tertiary/aromatic N) is 1. The minimum Gasteiger partial charge on any atom is -0.329 e. The van der Waals surface area contributed by atoms with Crippen LogP contribution in [-0.2, 0) is 4.79 Å².